The molecule has 0 saturated carbocycles. The summed E-state index contributed by atoms with van der Waals surface area (Å²) in [5, 5.41) is 1.10. The van der Waals surface area contributed by atoms with Gasteiger partial charge in [0.25, 0.3) is 0 Å². The van der Waals surface area contributed by atoms with E-state index in [2.05, 4.69) is 9.97 Å². The highest BCUT2D eigenvalue weighted by molar-refractivity contribution is 6.30. The summed E-state index contributed by atoms with van der Waals surface area (Å²) >= 11 is 6.21. The van der Waals surface area contributed by atoms with E-state index in [0.717, 1.165) is 0 Å². The van der Waals surface area contributed by atoms with Gasteiger partial charge >= 0.3 is 11.3 Å². The first kappa shape index (κ1) is 15.5. The number of aromatic nitrogens is 2. The van der Waals surface area contributed by atoms with Crippen LogP contribution < -0.4 is 20.8 Å². The lowest BCUT2D eigenvalue weighted by Crippen LogP contribution is -2.27. The SMILES string of the molecule is O=c1nc2c3c([nH]1)Oc1ccc(Cl)cc1C3c1c(c3ccccc3oc1=O)O2. The Morgan fingerprint density at radius 1 is 1.04 bits per heavy atom. The molecule has 136 valence electrons. The Labute approximate surface area is 161 Å². The molecular formula is C20H9ClN2O5. The van der Waals surface area contributed by atoms with Crippen LogP contribution in [0.2, 0.25) is 5.02 Å². The normalized spacial score (nSPS) is 15.8. The molecule has 0 bridgehead atoms. The van der Waals surface area contributed by atoms with Crippen molar-refractivity contribution in [3.63, 3.8) is 0 Å². The number of ether oxygens (including phenoxy) is 2. The van der Waals surface area contributed by atoms with Crippen molar-refractivity contribution in [1.82, 2.24) is 9.97 Å². The number of hydrogen-bond acceptors (Lipinski definition) is 6. The van der Waals surface area contributed by atoms with E-state index in [9.17, 15) is 9.59 Å². The molecule has 0 amide bonds. The minimum Gasteiger partial charge on any atom is -0.440 e. The average Bonchev–Trinajstić information content (AvgIpc) is 2.67. The third-order valence-electron chi connectivity index (χ3n) is 4.97. The van der Waals surface area contributed by atoms with E-state index in [1.165, 1.54) is 0 Å². The van der Waals surface area contributed by atoms with Crippen molar-refractivity contribution in [2.75, 3.05) is 0 Å². The van der Waals surface area contributed by atoms with Crippen molar-refractivity contribution >= 4 is 22.6 Å². The molecule has 6 rings (SSSR count). The van der Waals surface area contributed by atoms with E-state index >= 15 is 0 Å². The summed E-state index contributed by atoms with van der Waals surface area (Å²) in [6.45, 7) is 0. The highest BCUT2D eigenvalue weighted by Crippen LogP contribution is 2.55. The molecule has 0 fully saturated rings. The molecule has 1 N–H and O–H groups in total. The van der Waals surface area contributed by atoms with E-state index in [-0.39, 0.29) is 11.8 Å². The van der Waals surface area contributed by atoms with E-state index in [1.807, 2.05) is 6.07 Å². The van der Waals surface area contributed by atoms with Crippen LogP contribution in [-0.2, 0) is 0 Å². The number of hydrogen-bond donors (Lipinski definition) is 1. The van der Waals surface area contributed by atoms with Gasteiger partial charge in [-0.1, -0.05) is 23.7 Å². The first-order chi connectivity index (χ1) is 13.6. The zero-order chi connectivity index (χ0) is 19.0. The van der Waals surface area contributed by atoms with Crippen LogP contribution in [0.3, 0.4) is 0 Å². The van der Waals surface area contributed by atoms with Crippen LogP contribution in [0.25, 0.3) is 11.0 Å². The number of nitrogens with zero attached hydrogens (tertiary/aromatic N) is 1. The topological polar surface area (TPSA) is 94.4 Å². The molecule has 1 atom stereocenters. The molecule has 0 spiro atoms. The van der Waals surface area contributed by atoms with E-state index in [0.29, 0.717) is 44.2 Å². The second-order valence-electron chi connectivity index (χ2n) is 6.54. The molecule has 2 aromatic carbocycles. The molecule has 2 aliphatic rings. The maximum atomic E-state index is 12.9. The number of halogens is 1. The van der Waals surface area contributed by atoms with Crippen LogP contribution in [0.5, 0.6) is 23.3 Å². The maximum absolute atomic E-state index is 12.9. The third-order valence-corrected chi connectivity index (χ3v) is 5.20. The predicted molar refractivity (Wildman–Crippen MR) is 99.9 cm³/mol. The van der Waals surface area contributed by atoms with Gasteiger partial charge in [-0.25, -0.2) is 9.59 Å². The van der Waals surface area contributed by atoms with Gasteiger partial charge in [-0.2, -0.15) is 4.98 Å². The molecule has 7 nitrogen and oxygen atoms in total. The molecule has 0 aliphatic carbocycles. The monoisotopic (exact) mass is 392 g/mol. The molecule has 28 heavy (non-hydrogen) atoms. The van der Waals surface area contributed by atoms with Gasteiger partial charge in [0.05, 0.1) is 22.4 Å². The van der Waals surface area contributed by atoms with Gasteiger partial charge in [0, 0.05) is 10.6 Å². The third kappa shape index (κ3) is 1.96. The van der Waals surface area contributed by atoms with Crippen molar-refractivity contribution < 1.29 is 13.9 Å². The summed E-state index contributed by atoms with van der Waals surface area (Å²) in [6.07, 6.45) is 0. The Morgan fingerprint density at radius 3 is 2.79 bits per heavy atom. The number of para-hydroxylation sites is 1. The average molecular weight is 393 g/mol. The van der Waals surface area contributed by atoms with Gasteiger partial charge < -0.3 is 13.9 Å². The molecule has 0 radical (unpaired) electrons. The molecular weight excluding hydrogens is 384 g/mol. The van der Waals surface area contributed by atoms with Gasteiger partial charge in [0.1, 0.15) is 11.3 Å². The van der Waals surface area contributed by atoms with E-state index in [1.54, 1.807) is 36.4 Å². The highest BCUT2D eigenvalue weighted by atomic mass is 35.5. The Kier molecular flexibility index (Phi) is 2.89. The number of benzene rings is 2. The number of aromatic amines is 1. The summed E-state index contributed by atoms with van der Waals surface area (Å²) in [6, 6.07) is 12.1. The van der Waals surface area contributed by atoms with Crippen molar-refractivity contribution in [3.8, 4) is 23.3 Å². The Bertz CT molecular complexity index is 1440. The minimum absolute atomic E-state index is 0.0950. The number of fused-ring (bicyclic) bond motifs is 6. The molecule has 4 heterocycles. The highest BCUT2D eigenvalue weighted by Gasteiger charge is 2.42. The van der Waals surface area contributed by atoms with Crippen LogP contribution in [0.15, 0.2) is 56.5 Å². The molecule has 8 heteroatoms. The second-order valence-corrected chi connectivity index (χ2v) is 6.97. The summed E-state index contributed by atoms with van der Waals surface area (Å²) in [7, 11) is 0. The maximum Gasteiger partial charge on any atom is 0.351 e. The molecule has 2 aliphatic heterocycles. The first-order valence-electron chi connectivity index (χ1n) is 8.45. The smallest absolute Gasteiger partial charge is 0.351 e. The van der Waals surface area contributed by atoms with Gasteiger partial charge in [0.2, 0.25) is 11.8 Å². The number of H-pyrrole nitrogens is 1. The summed E-state index contributed by atoms with van der Waals surface area (Å²) in [4.78, 5) is 31.5. The lowest BCUT2D eigenvalue weighted by atomic mass is 9.82. The zero-order valence-electron chi connectivity index (χ0n) is 14.0. The fourth-order valence-corrected chi connectivity index (χ4v) is 4.03. The van der Waals surface area contributed by atoms with Crippen molar-refractivity contribution in [2.24, 2.45) is 0 Å². The molecule has 2 aromatic heterocycles. The van der Waals surface area contributed by atoms with Gasteiger partial charge in [-0.3, -0.25) is 4.98 Å². The fourth-order valence-electron chi connectivity index (χ4n) is 3.85. The van der Waals surface area contributed by atoms with Gasteiger partial charge in [-0.15, -0.1) is 0 Å². The molecule has 4 aromatic rings. The lowest BCUT2D eigenvalue weighted by Gasteiger charge is -2.32. The summed E-state index contributed by atoms with van der Waals surface area (Å²) < 4.78 is 17.3. The van der Waals surface area contributed by atoms with Crippen LogP contribution in [0.4, 0.5) is 0 Å². The van der Waals surface area contributed by atoms with Gasteiger partial charge in [-0.05, 0) is 30.3 Å². The Hall–Kier alpha value is -3.58. The van der Waals surface area contributed by atoms with Crippen LogP contribution >= 0.6 is 11.6 Å². The standard InChI is InChI=1S/C20H9ClN2O5/c21-8-5-6-12-10(7-8)13-14-16(9-3-1-2-4-11(9)27-19(14)24)28-18-15(13)17(26-12)22-20(25)23-18/h1-7,13H,(H,22,23,25). The van der Waals surface area contributed by atoms with Crippen LogP contribution in [-0.4, -0.2) is 9.97 Å². The van der Waals surface area contributed by atoms with E-state index < -0.39 is 17.2 Å². The zero-order valence-corrected chi connectivity index (χ0v) is 14.7. The fraction of sp³-hybridized carbons (Fsp3) is 0.0500. The van der Waals surface area contributed by atoms with E-state index in [4.69, 9.17) is 25.5 Å². The molecule has 0 saturated heterocycles. The summed E-state index contributed by atoms with van der Waals surface area (Å²) in [5.74, 6) is 0.489. The largest absolute Gasteiger partial charge is 0.440 e. The second kappa shape index (κ2) is 5.24. The van der Waals surface area contributed by atoms with Crippen molar-refractivity contribution in [1.29, 1.82) is 0 Å². The quantitative estimate of drug-likeness (QED) is 0.394. The van der Waals surface area contributed by atoms with Crippen molar-refractivity contribution in [3.05, 3.63) is 85.1 Å². The minimum atomic E-state index is -0.611. The number of rotatable bonds is 0. The Balaban J connectivity index is 1.79. The van der Waals surface area contributed by atoms with Crippen molar-refractivity contribution in [2.45, 2.75) is 5.92 Å². The van der Waals surface area contributed by atoms with Crippen LogP contribution in [0.1, 0.15) is 22.6 Å². The lowest BCUT2D eigenvalue weighted by molar-refractivity contribution is 0.377. The summed E-state index contributed by atoms with van der Waals surface area (Å²) in [5.41, 5.74) is 0.688. The van der Waals surface area contributed by atoms with Crippen LogP contribution in [0, 0.1) is 0 Å². The van der Waals surface area contributed by atoms with Gasteiger partial charge in [0.15, 0.2) is 5.75 Å². The first-order valence-corrected chi connectivity index (χ1v) is 8.83. The number of nitrogens with one attached hydrogen (secondary N) is 1. The molecule has 1 unspecified atom stereocenters. The Morgan fingerprint density at radius 2 is 1.89 bits per heavy atom. The predicted octanol–water partition coefficient (Wildman–Crippen LogP) is 3.92.